The van der Waals surface area contributed by atoms with Gasteiger partial charge in [0.2, 0.25) is 0 Å². The molecule has 6 rings (SSSR count). The number of benzene rings is 2. The summed E-state index contributed by atoms with van der Waals surface area (Å²) in [7, 11) is 3.44. The molecule has 0 spiro atoms. The van der Waals surface area contributed by atoms with E-state index in [4.69, 9.17) is 14.7 Å². The summed E-state index contributed by atoms with van der Waals surface area (Å²) in [6.07, 6.45) is 12.7. The molecule has 2 aromatic carbocycles. The van der Waals surface area contributed by atoms with Crippen LogP contribution < -0.4 is 9.47 Å². The van der Waals surface area contributed by atoms with Crippen molar-refractivity contribution in [3.05, 3.63) is 70.8 Å². The average Bonchev–Trinajstić information content (AvgIpc) is 3.08. The topological polar surface area (TPSA) is 89.3 Å². The van der Waals surface area contributed by atoms with Gasteiger partial charge in [0, 0.05) is 19.6 Å². The molecule has 240 valence electrons. The van der Waals surface area contributed by atoms with Crippen LogP contribution in [0.3, 0.4) is 0 Å². The van der Waals surface area contributed by atoms with Gasteiger partial charge in [-0.25, -0.2) is 14.8 Å². The van der Waals surface area contributed by atoms with Crippen molar-refractivity contribution in [2.75, 3.05) is 53.5 Å². The average molecular weight is 613 g/mol. The van der Waals surface area contributed by atoms with E-state index in [0.717, 1.165) is 89.0 Å². The monoisotopic (exact) mass is 612 g/mol. The van der Waals surface area contributed by atoms with Crippen LogP contribution in [0.1, 0.15) is 67.7 Å². The smallest absolute Gasteiger partial charge is 0.421 e. The third kappa shape index (κ3) is 7.71. The van der Waals surface area contributed by atoms with E-state index in [1.54, 1.807) is 14.2 Å². The molecule has 0 radical (unpaired) electrons. The maximum atomic E-state index is 11.3. The van der Waals surface area contributed by atoms with E-state index in [9.17, 15) is 9.90 Å². The molecular formula is C37H48N4O4. The van der Waals surface area contributed by atoms with Gasteiger partial charge in [-0.1, -0.05) is 24.3 Å². The molecule has 2 aliphatic heterocycles. The van der Waals surface area contributed by atoms with E-state index in [-0.39, 0.29) is 0 Å². The van der Waals surface area contributed by atoms with Crippen LogP contribution in [0, 0.1) is 23.2 Å². The molecule has 0 atom stereocenters. The van der Waals surface area contributed by atoms with Crippen molar-refractivity contribution >= 4 is 17.2 Å². The van der Waals surface area contributed by atoms with Gasteiger partial charge in [0.25, 0.3) is 0 Å². The van der Waals surface area contributed by atoms with Crippen LogP contribution in [0.25, 0.3) is 11.1 Å². The van der Waals surface area contributed by atoms with Gasteiger partial charge < -0.3 is 14.6 Å². The number of carbonyl (C=O) groups is 1. The number of ether oxygens (including phenoxy) is 2. The lowest BCUT2D eigenvalue weighted by atomic mass is 9.79. The van der Waals surface area contributed by atoms with Crippen LogP contribution in [-0.2, 0) is 12.8 Å². The summed E-state index contributed by atoms with van der Waals surface area (Å²) < 4.78 is 10.8. The Balaban J connectivity index is 0.000000179. The van der Waals surface area contributed by atoms with Gasteiger partial charge in [-0.3, -0.25) is 4.90 Å². The molecule has 0 aromatic heterocycles. The second kappa shape index (κ2) is 15.5. The summed E-state index contributed by atoms with van der Waals surface area (Å²) in [5, 5.41) is 21.5. The molecule has 8 nitrogen and oxygen atoms in total. The van der Waals surface area contributed by atoms with Gasteiger partial charge in [-0.2, -0.15) is 5.26 Å². The molecule has 2 saturated heterocycles. The number of methoxy groups -OCH3 is 2. The first-order valence-electron chi connectivity index (χ1n) is 16.5. The molecule has 0 unspecified atom stereocenters. The molecule has 1 N–H and O–H groups in total. The highest BCUT2D eigenvalue weighted by molar-refractivity contribution is 5.74. The highest BCUT2D eigenvalue weighted by Crippen LogP contribution is 2.40. The number of aryl methyl sites for hydroxylation is 2. The standard InChI is InChI=1S/C19H26N2O3.C18H22N2O/c1-3-21(19(22)23)20-11-9-15(10-12-20)17-6-4-5-14-7-8-16(24-2)13-18(14)17;1-21-16-6-5-14-3-2-4-17(18(14)13-16)15-7-10-20(11-8-15)12-9-19/h6-8,13,15H,3-5,9-12H2,1-2H3,(H,22,23);4-6,13,15H,2-3,7-8,10-12H2,1H3. The number of carboxylic acid groups (broad SMARTS) is 1. The third-order valence-corrected chi connectivity index (χ3v) is 9.91. The van der Waals surface area contributed by atoms with E-state index in [1.807, 2.05) is 18.0 Å². The Morgan fingerprint density at radius 1 is 0.867 bits per heavy atom. The van der Waals surface area contributed by atoms with Gasteiger partial charge in [0.15, 0.2) is 0 Å². The SMILES string of the molecule is CCN(C(=O)O)N1CCC(C2=CCCc3ccc(OC)cc32)CC1.COc1ccc2c(c1)C(C1CCN(CC#N)CC1)=CCC2. The molecule has 4 aliphatic rings. The largest absolute Gasteiger partial charge is 0.497 e. The number of rotatable bonds is 7. The fourth-order valence-electron chi connectivity index (χ4n) is 7.47. The van der Waals surface area contributed by atoms with Gasteiger partial charge in [0.05, 0.1) is 26.8 Å². The number of hydrogen-bond donors (Lipinski definition) is 1. The van der Waals surface area contributed by atoms with Crippen molar-refractivity contribution in [2.45, 2.75) is 58.3 Å². The predicted molar refractivity (Wildman–Crippen MR) is 178 cm³/mol. The van der Waals surface area contributed by atoms with Crippen LogP contribution >= 0.6 is 0 Å². The Morgan fingerprint density at radius 2 is 1.36 bits per heavy atom. The zero-order valence-electron chi connectivity index (χ0n) is 27.1. The maximum absolute atomic E-state index is 11.3. The van der Waals surface area contributed by atoms with Crippen molar-refractivity contribution < 1.29 is 19.4 Å². The van der Waals surface area contributed by atoms with Crippen LogP contribution in [0.15, 0.2) is 48.6 Å². The van der Waals surface area contributed by atoms with Gasteiger partial charge in [-0.05, 0) is 141 Å². The summed E-state index contributed by atoms with van der Waals surface area (Å²) in [4.78, 5) is 13.6. The number of piperidine rings is 2. The van der Waals surface area contributed by atoms with Crippen molar-refractivity contribution in [3.8, 4) is 17.6 Å². The summed E-state index contributed by atoms with van der Waals surface area (Å²) in [6, 6.07) is 15.1. The highest BCUT2D eigenvalue weighted by Gasteiger charge is 2.30. The molecule has 2 fully saturated rings. The highest BCUT2D eigenvalue weighted by atomic mass is 16.5. The summed E-state index contributed by atoms with van der Waals surface area (Å²) in [6.45, 7) is 6.61. The first-order valence-corrected chi connectivity index (χ1v) is 16.5. The lowest BCUT2D eigenvalue weighted by molar-refractivity contribution is -0.0237. The zero-order valence-corrected chi connectivity index (χ0v) is 27.1. The lowest BCUT2D eigenvalue weighted by Crippen LogP contribution is -2.49. The molecule has 0 bridgehead atoms. The van der Waals surface area contributed by atoms with Crippen LogP contribution in [-0.4, -0.2) is 79.6 Å². The number of nitriles is 1. The van der Waals surface area contributed by atoms with E-state index in [1.165, 1.54) is 38.4 Å². The minimum absolute atomic E-state index is 0.500. The third-order valence-electron chi connectivity index (χ3n) is 9.91. The quantitative estimate of drug-likeness (QED) is 0.340. The van der Waals surface area contributed by atoms with Crippen LogP contribution in [0.4, 0.5) is 4.79 Å². The normalized spacial score (nSPS) is 19.1. The first-order chi connectivity index (χ1) is 21.9. The predicted octanol–water partition coefficient (Wildman–Crippen LogP) is 6.91. The number of hydrogen-bond acceptors (Lipinski definition) is 6. The first kappa shape index (κ1) is 32.6. The fraction of sp³-hybridized carbons (Fsp3) is 0.514. The lowest BCUT2D eigenvalue weighted by Gasteiger charge is -2.39. The zero-order chi connectivity index (χ0) is 31.8. The van der Waals surface area contributed by atoms with Crippen molar-refractivity contribution in [2.24, 2.45) is 11.8 Å². The summed E-state index contributed by atoms with van der Waals surface area (Å²) in [5.41, 5.74) is 8.49. The Bertz CT molecular complexity index is 1430. The molecular weight excluding hydrogens is 564 g/mol. The minimum Gasteiger partial charge on any atom is -0.497 e. The second-order valence-electron chi connectivity index (χ2n) is 12.4. The van der Waals surface area contributed by atoms with E-state index in [2.05, 4.69) is 53.5 Å². The van der Waals surface area contributed by atoms with E-state index >= 15 is 0 Å². The number of nitrogens with zero attached hydrogens (tertiary/aromatic N) is 4. The number of likely N-dealkylation sites (tertiary alicyclic amines) is 1. The van der Waals surface area contributed by atoms with Crippen LogP contribution in [0.5, 0.6) is 11.5 Å². The Hall–Kier alpha value is -3.80. The maximum Gasteiger partial charge on any atom is 0.421 e. The molecule has 2 heterocycles. The van der Waals surface area contributed by atoms with Crippen molar-refractivity contribution in [1.29, 1.82) is 5.26 Å². The summed E-state index contributed by atoms with van der Waals surface area (Å²) in [5.74, 6) is 2.98. The Labute approximate surface area is 268 Å². The number of fused-ring (bicyclic) bond motifs is 2. The Morgan fingerprint density at radius 3 is 1.78 bits per heavy atom. The molecule has 2 aliphatic carbocycles. The van der Waals surface area contributed by atoms with Crippen molar-refractivity contribution in [1.82, 2.24) is 14.9 Å². The van der Waals surface area contributed by atoms with Gasteiger partial charge in [-0.15, -0.1) is 0 Å². The van der Waals surface area contributed by atoms with E-state index in [0.29, 0.717) is 24.9 Å². The van der Waals surface area contributed by atoms with E-state index < -0.39 is 6.09 Å². The molecule has 1 amide bonds. The van der Waals surface area contributed by atoms with Gasteiger partial charge >= 0.3 is 6.09 Å². The molecule has 0 saturated carbocycles. The molecule has 45 heavy (non-hydrogen) atoms. The number of amides is 1. The minimum atomic E-state index is -0.858. The van der Waals surface area contributed by atoms with Gasteiger partial charge in [0.1, 0.15) is 11.5 Å². The summed E-state index contributed by atoms with van der Waals surface area (Å²) >= 11 is 0. The Kier molecular flexibility index (Phi) is 11.2. The molecule has 2 aromatic rings. The second-order valence-corrected chi connectivity index (χ2v) is 12.4. The number of allylic oxidation sites excluding steroid dienone is 4. The van der Waals surface area contributed by atoms with Crippen molar-refractivity contribution in [3.63, 3.8) is 0 Å². The number of hydrazine groups is 1. The molecule has 8 heteroatoms. The fourth-order valence-corrected chi connectivity index (χ4v) is 7.47. The van der Waals surface area contributed by atoms with Crippen LogP contribution in [0.2, 0.25) is 0 Å².